The van der Waals surface area contributed by atoms with Gasteiger partial charge in [-0.1, -0.05) is 6.42 Å². The Kier molecular flexibility index (Phi) is 3.35. The highest BCUT2D eigenvalue weighted by molar-refractivity contribution is 5.86. The monoisotopic (exact) mass is 263 g/mol. The highest BCUT2D eigenvalue weighted by Crippen LogP contribution is 2.47. The Balaban J connectivity index is 1.50. The summed E-state index contributed by atoms with van der Waals surface area (Å²) in [5.41, 5.74) is 0.698. The first-order chi connectivity index (χ1) is 9.13. The number of fused-ring (bicyclic) bond motifs is 2. The lowest BCUT2D eigenvalue weighted by molar-refractivity contribution is 0.0659. The number of aromatic carboxylic acids is 1. The van der Waals surface area contributed by atoms with Crippen LogP contribution in [0.4, 0.5) is 0 Å². The SMILES string of the molecule is Cc1cc(CNCC2CC3CCC2C3)oc1C(=O)O. The molecule has 0 aromatic carbocycles. The summed E-state index contributed by atoms with van der Waals surface area (Å²) >= 11 is 0. The second-order valence-corrected chi connectivity index (χ2v) is 6.10. The van der Waals surface area contributed by atoms with Gasteiger partial charge < -0.3 is 14.8 Å². The molecule has 1 heterocycles. The van der Waals surface area contributed by atoms with E-state index in [-0.39, 0.29) is 5.76 Å². The lowest BCUT2D eigenvalue weighted by Crippen LogP contribution is -2.26. The van der Waals surface area contributed by atoms with E-state index in [4.69, 9.17) is 9.52 Å². The zero-order valence-corrected chi connectivity index (χ0v) is 11.3. The molecule has 3 unspecified atom stereocenters. The van der Waals surface area contributed by atoms with Gasteiger partial charge in [0.25, 0.3) is 0 Å². The van der Waals surface area contributed by atoms with Crippen molar-refractivity contribution in [3.63, 3.8) is 0 Å². The molecule has 2 fully saturated rings. The fourth-order valence-electron chi connectivity index (χ4n) is 3.85. The number of hydrogen-bond acceptors (Lipinski definition) is 3. The third-order valence-corrected chi connectivity index (χ3v) is 4.75. The average molecular weight is 263 g/mol. The van der Waals surface area contributed by atoms with Gasteiger partial charge in [-0.3, -0.25) is 0 Å². The number of hydrogen-bond donors (Lipinski definition) is 2. The lowest BCUT2D eigenvalue weighted by atomic mass is 9.89. The normalized spacial score (nSPS) is 29.0. The van der Waals surface area contributed by atoms with Crippen molar-refractivity contribution in [2.45, 2.75) is 39.2 Å². The van der Waals surface area contributed by atoms with E-state index in [1.54, 1.807) is 6.92 Å². The summed E-state index contributed by atoms with van der Waals surface area (Å²) in [6.07, 6.45) is 5.63. The van der Waals surface area contributed by atoms with Crippen molar-refractivity contribution in [3.05, 3.63) is 23.2 Å². The average Bonchev–Trinajstić information content (AvgIpc) is 3.04. The van der Waals surface area contributed by atoms with Crippen LogP contribution in [0.3, 0.4) is 0 Å². The van der Waals surface area contributed by atoms with E-state index >= 15 is 0 Å². The van der Waals surface area contributed by atoms with E-state index in [9.17, 15) is 4.79 Å². The molecule has 3 atom stereocenters. The third kappa shape index (κ3) is 2.54. The van der Waals surface area contributed by atoms with E-state index in [2.05, 4.69) is 5.32 Å². The molecule has 2 aliphatic rings. The Labute approximate surface area is 113 Å². The number of carbonyl (C=O) groups is 1. The second-order valence-electron chi connectivity index (χ2n) is 6.10. The van der Waals surface area contributed by atoms with Crippen LogP contribution < -0.4 is 5.32 Å². The molecule has 104 valence electrons. The molecule has 0 spiro atoms. The maximum absolute atomic E-state index is 10.9. The van der Waals surface area contributed by atoms with Gasteiger partial charge in [-0.05, 0) is 56.6 Å². The standard InChI is InChI=1S/C15H21NO3/c1-9-4-13(19-14(9)15(17)18)8-16-7-12-6-10-2-3-11(12)5-10/h4,10-12,16H,2-3,5-8H2,1H3,(H,17,18). The summed E-state index contributed by atoms with van der Waals surface area (Å²) in [6, 6.07) is 1.82. The Morgan fingerprint density at radius 2 is 2.32 bits per heavy atom. The zero-order valence-electron chi connectivity index (χ0n) is 11.3. The van der Waals surface area contributed by atoms with E-state index in [1.165, 1.54) is 25.7 Å². The molecule has 1 aromatic rings. The molecule has 0 aliphatic heterocycles. The molecular formula is C15H21NO3. The van der Waals surface area contributed by atoms with Crippen molar-refractivity contribution < 1.29 is 14.3 Å². The van der Waals surface area contributed by atoms with Crippen LogP contribution in [0.15, 0.2) is 10.5 Å². The number of nitrogens with one attached hydrogen (secondary N) is 1. The van der Waals surface area contributed by atoms with Crippen molar-refractivity contribution in [1.29, 1.82) is 0 Å². The predicted molar refractivity (Wildman–Crippen MR) is 71.0 cm³/mol. The maximum atomic E-state index is 10.9. The van der Waals surface area contributed by atoms with Gasteiger partial charge in [0.15, 0.2) is 0 Å². The quantitative estimate of drug-likeness (QED) is 0.857. The Hall–Kier alpha value is -1.29. The molecule has 1 aromatic heterocycles. The van der Waals surface area contributed by atoms with Crippen LogP contribution in [0.5, 0.6) is 0 Å². The summed E-state index contributed by atoms with van der Waals surface area (Å²) in [5, 5.41) is 12.4. The first-order valence-corrected chi connectivity index (χ1v) is 7.17. The molecule has 19 heavy (non-hydrogen) atoms. The van der Waals surface area contributed by atoms with Gasteiger partial charge in [0, 0.05) is 5.56 Å². The first kappa shape index (κ1) is 12.7. The van der Waals surface area contributed by atoms with E-state index < -0.39 is 5.97 Å². The van der Waals surface area contributed by atoms with Gasteiger partial charge in [0.1, 0.15) is 5.76 Å². The number of carboxylic acids is 1. The molecule has 2 bridgehead atoms. The van der Waals surface area contributed by atoms with Crippen LogP contribution in [0.25, 0.3) is 0 Å². The topological polar surface area (TPSA) is 62.5 Å². The highest BCUT2D eigenvalue weighted by atomic mass is 16.4. The van der Waals surface area contributed by atoms with Gasteiger partial charge in [0.2, 0.25) is 5.76 Å². The zero-order chi connectivity index (χ0) is 13.4. The van der Waals surface area contributed by atoms with E-state index in [1.807, 2.05) is 6.07 Å². The van der Waals surface area contributed by atoms with Gasteiger partial charge >= 0.3 is 5.97 Å². The minimum Gasteiger partial charge on any atom is -0.475 e. The first-order valence-electron chi connectivity index (χ1n) is 7.17. The van der Waals surface area contributed by atoms with Crippen LogP contribution in [0.2, 0.25) is 0 Å². The fraction of sp³-hybridized carbons (Fsp3) is 0.667. The summed E-state index contributed by atoms with van der Waals surface area (Å²) in [5.74, 6) is 2.51. The molecule has 0 radical (unpaired) electrons. The molecule has 2 aliphatic carbocycles. The summed E-state index contributed by atoms with van der Waals surface area (Å²) in [7, 11) is 0. The van der Waals surface area contributed by atoms with Crippen molar-refractivity contribution in [2.75, 3.05) is 6.54 Å². The number of furan rings is 1. The predicted octanol–water partition coefficient (Wildman–Crippen LogP) is 2.81. The molecule has 4 heteroatoms. The fourth-order valence-corrected chi connectivity index (χ4v) is 3.85. The Bertz CT molecular complexity index is 480. The molecule has 3 rings (SSSR count). The van der Waals surface area contributed by atoms with Crippen LogP contribution >= 0.6 is 0 Å². The van der Waals surface area contributed by atoms with E-state index in [0.29, 0.717) is 12.1 Å². The molecule has 0 amide bonds. The van der Waals surface area contributed by atoms with Crippen LogP contribution in [-0.2, 0) is 6.54 Å². The van der Waals surface area contributed by atoms with Crippen molar-refractivity contribution in [1.82, 2.24) is 5.32 Å². The van der Waals surface area contributed by atoms with Crippen molar-refractivity contribution in [3.8, 4) is 0 Å². The smallest absolute Gasteiger partial charge is 0.372 e. The van der Waals surface area contributed by atoms with Gasteiger partial charge in [0.05, 0.1) is 6.54 Å². The minimum atomic E-state index is -0.989. The van der Waals surface area contributed by atoms with Gasteiger partial charge in [-0.15, -0.1) is 0 Å². The minimum absolute atomic E-state index is 0.0664. The van der Waals surface area contributed by atoms with E-state index in [0.717, 1.165) is 30.1 Å². The maximum Gasteiger partial charge on any atom is 0.372 e. The number of aryl methyl sites for hydroxylation is 1. The van der Waals surface area contributed by atoms with Crippen LogP contribution in [0, 0.1) is 24.7 Å². The number of rotatable bonds is 5. The lowest BCUT2D eigenvalue weighted by Gasteiger charge is -2.21. The largest absolute Gasteiger partial charge is 0.475 e. The molecule has 4 nitrogen and oxygen atoms in total. The molecule has 2 saturated carbocycles. The highest BCUT2D eigenvalue weighted by Gasteiger charge is 2.38. The van der Waals surface area contributed by atoms with Crippen molar-refractivity contribution in [2.24, 2.45) is 17.8 Å². The summed E-state index contributed by atoms with van der Waals surface area (Å²) in [6.45, 7) is 3.43. The number of carboxylic acid groups (broad SMARTS) is 1. The Morgan fingerprint density at radius 3 is 2.89 bits per heavy atom. The van der Waals surface area contributed by atoms with Crippen LogP contribution in [0.1, 0.15) is 47.6 Å². The van der Waals surface area contributed by atoms with Gasteiger partial charge in [-0.25, -0.2) is 4.79 Å². The molecule has 2 N–H and O–H groups in total. The second kappa shape index (κ2) is 5.00. The summed E-state index contributed by atoms with van der Waals surface area (Å²) in [4.78, 5) is 10.9. The Morgan fingerprint density at radius 1 is 1.47 bits per heavy atom. The third-order valence-electron chi connectivity index (χ3n) is 4.75. The summed E-state index contributed by atoms with van der Waals surface area (Å²) < 4.78 is 5.34. The van der Waals surface area contributed by atoms with Crippen LogP contribution in [-0.4, -0.2) is 17.6 Å². The molecular weight excluding hydrogens is 242 g/mol. The molecule has 0 saturated heterocycles. The van der Waals surface area contributed by atoms with Gasteiger partial charge in [-0.2, -0.15) is 0 Å². The van der Waals surface area contributed by atoms with Crippen molar-refractivity contribution >= 4 is 5.97 Å².